The van der Waals surface area contributed by atoms with Crippen LogP contribution in [0.2, 0.25) is 0 Å². The molecule has 0 fully saturated rings. The molecular formula is C59H74N10O16S2. The van der Waals surface area contributed by atoms with Crippen molar-refractivity contribution in [3.8, 4) is 11.4 Å². The first-order chi connectivity index (χ1) is 41.5. The van der Waals surface area contributed by atoms with Crippen LogP contribution < -0.4 is 32.6 Å². The minimum absolute atomic E-state index is 0.119. The van der Waals surface area contributed by atoms with Crippen molar-refractivity contribution in [2.24, 2.45) is 5.73 Å². The van der Waals surface area contributed by atoms with E-state index >= 15 is 0 Å². The summed E-state index contributed by atoms with van der Waals surface area (Å²) < 4.78 is 79.1. The van der Waals surface area contributed by atoms with Crippen LogP contribution in [0, 0.1) is 0 Å². The second kappa shape index (κ2) is 30.6. The highest BCUT2D eigenvalue weighted by atomic mass is 32.2. The number of cyclic esters (lactones) is 1. The number of unbranched alkanes of at least 4 members (excludes halogenated alkanes) is 2. The highest BCUT2D eigenvalue weighted by Gasteiger charge is 2.51. The Balaban J connectivity index is 0.846. The van der Waals surface area contributed by atoms with E-state index in [2.05, 4.69) is 31.2 Å². The summed E-state index contributed by atoms with van der Waals surface area (Å²) in [6.45, 7) is 5.05. The van der Waals surface area contributed by atoms with Crippen molar-refractivity contribution < 1.29 is 69.3 Å². The average molecular weight is 1240 g/mol. The summed E-state index contributed by atoms with van der Waals surface area (Å²) in [6.07, 6.45) is 10.4. The van der Waals surface area contributed by atoms with E-state index in [1.165, 1.54) is 27.5 Å². The molecule has 3 aromatic heterocycles. The molecule has 5 heterocycles. The minimum atomic E-state index is -3.54. The van der Waals surface area contributed by atoms with Gasteiger partial charge >= 0.3 is 12.1 Å². The molecule has 0 saturated heterocycles. The topological polar surface area (TPSA) is 355 Å². The Hall–Kier alpha value is -8.02. The third-order valence-electron chi connectivity index (χ3n) is 14.4. The van der Waals surface area contributed by atoms with E-state index in [0.29, 0.717) is 72.4 Å². The van der Waals surface area contributed by atoms with Gasteiger partial charge in [-0.1, -0.05) is 49.4 Å². The number of ether oxygens (including phenoxy) is 5. The molecule has 0 aliphatic carbocycles. The number of amides is 4. The highest BCUT2D eigenvalue weighted by molar-refractivity contribution is 7.90. The second-order valence-electron chi connectivity index (χ2n) is 21.1. The van der Waals surface area contributed by atoms with Gasteiger partial charge in [-0.2, -0.15) is 4.31 Å². The van der Waals surface area contributed by atoms with E-state index in [1.807, 2.05) is 30.3 Å². The van der Waals surface area contributed by atoms with Gasteiger partial charge in [-0.15, -0.1) is 0 Å². The van der Waals surface area contributed by atoms with Crippen LogP contribution in [0.3, 0.4) is 0 Å². The van der Waals surface area contributed by atoms with E-state index in [4.69, 9.17) is 34.4 Å². The van der Waals surface area contributed by atoms with Crippen LogP contribution in [-0.2, 0) is 99.3 Å². The number of aromatic nitrogens is 4. The van der Waals surface area contributed by atoms with Gasteiger partial charge < -0.3 is 55.3 Å². The van der Waals surface area contributed by atoms with Gasteiger partial charge in [0.2, 0.25) is 54.2 Å². The fourth-order valence-corrected chi connectivity index (χ4v) is 11.7. The molecule has 7 rings (SSSR count). The van der Waals surface area contributed by atoms with Gasteiger partial charge in [0.25, 0.3) is 5.56 Å². The standard InChI is InChI=1S/C59H74N10O16S2/c1-6-59(46-30-49-53-44(33-68(49)55(74)45(46)35-83-56(59)75)42(43-15-10-11-16-47(43)67-53)23-27-69(38(2)3)87(5,79)80)85-58(76)84-34-39-19-21-41(22-20-39)65-54(73)48(17-12-13-24-60)66-52(72)37-82-36-51(71)62-26-29-81-28-25-61-50(70)18-9-7-8-14-40-31-63-57(64-32-40)86(4,77)78/h8,10-11,14-16,19-22,30-32,38,48H,6-7,9,12-13,17-18,23-29,33-37,60H2,1-5H3,(H,61,70)(H,62,71)(H,65,73)(H,66,72)/b14-8-/t48-,59-/m0/s1. The van der Waals surface area contributed by atoms with Crippen molar-refractivity contribution in [2.45, 2.75) is 115 Å². The summed E-state index contributed by atoms with van der Waals surface area (Å²) in [6, 6.07) is 14.1. The zero-order valence-corrected chi connectivity index (χ0v) is 50.9. The van der Waals surface area contributed by atoms with Crippen LogP contribution in [0.5, 0.6) is 0 Å². The summed E-state index contributed by atoms with van der Waals surface area (Å²) >= 11 is 0. The molecule has 0 bridgehead atoms. The molecule has 468 valence electrons. The van der Waals surface area contributed by atoms with E-state index < -0.39 is 80.1 Å². The number of sulfone groups is 1. The summed E-state index contributed by atoms with van der Waals surface area (Å²) in [5.74, 6) is -2.72. The summed E-state index contributed by atoms with van der Waals surface area (Å²) in [7, 11) is -7.02. The largest absolute Gasteiger partial charge is 0.510 e. The maximum absolute atomic E-state index is 14.4. The van der Waals surface area contributed by atoms with Crippen LogP contribution in [0.15, 0.2) is 83.0 Å². The molecule has 2 atom stereocenters. The zero-order valence-electron chi connectivity index (χ0n) is 49.3. The third kappa shape index (κ3) is 17.8. The highest BCUT2D eigenvalue weighted by Crippen LogP contribution is 2.42. The normalized spacial score (nSPS) is 14.9. The molecule has 0 spiro atoms. The second-order valence-corrected chi connectivity index (χ2v) is 25.0. The predicted octanol–water partition coefficient (Wildman–Crippen LogP) is 3.55. The number of hydrogen-bond acceptors (Lipinski definition) is 20. The van der Waals surface area contributed by atoms with Gasteiger partial charge in [0.05, 0.1) is 48.5 Å². The van der Waals surface area contributed by atoms with Crippen LogP contribution in [0.25, 0.3) is 28.4 Å². The Labute approximate surface area is 504 Å². The number of pyridine rings is 2. The van der Waals surface area contributed by atoms with E-state index in [1.54, 1.807) is 57.2 Å². The Morgan fingerprint density at radius 3 is 2.26 bits per heavy atom. The molecule has 87 heavy (non-hydrogen) atoms. The Bertz CT molecular complexity index is 3640. The quantitative estimate of drug-likeness (QED) is 0.0229. The molecule has 0 radical (unpaired) electrons. The monoisotopic (exact) mass is 1240 g/mol. The van der Waals surface area contributed by atoms with Crippen molar-refractivity contribution in [3.63, 3.8) is 0 Å². The number of esters is 1. The fourth-order valence-electron chi connectivity index (χ4n) is 10.0. The summed E-state index contributed by atoms with van der Waals surface area (Å²) in [5, 5.41) is 11.3. The maximum Gasteiger partial charge on any atom is 0.510 e. The lowest BCUT2D eigenvalue weighted by Crippen LogP contribution is -2.47. The molecule has 0 unspecified atom stereocenters. The van der Waals surface area contributed by atoms with Crippen molar-refractivity contribution in [2.75, 3.05) is 70.4 Å². The van der Waals surface area contributed by atoms with Crippen molar-refractivity contribution in [3.05, 3.63) is 117 Å². The van der Waals surface area contributed by atoms with Crippen molar-refractivity contribution >= 4 is 78.3 Å². The first-order valence-electron chi connectivity index (χ1n) is 28.5. The van der Waals surface area contributed by atoms with Gasteiger partial charge in [0, 0.05) is 78.5 Å². The molecule has 6 N–H and O–H groups in total. The Kier molecular flexibility index (Phi) is 23.4. The molecule has 2 aliphatic rings. The maximum atomic E-state index is 14.4. The van der Waals surface area contributed by atoms with Gasteiger partial charge in [-0.3, -0.25) is 24.0 Å². The van der Waals surface area contributed by atoms with E-state index in [9.17, 15) is 50.4 Å². The number of allylic oxidation sites excluding steroid dienone is 1. The lowest BCUT2D eigenvalue weighted by Gasteiger charge is -2.35. The number of benzene rings is 2. The molecule has 2 aliphatic heterocycles. The SMILES string of the molecule is CC[C@@]1(OC(=O)OCc2ccc(NC(=O)[C@H](CCCCN)NC(=O)COCC(=O)NCCOCCNC(=O)CCC/C=C\c3cnc(S(C)(=O)=O)nc3)cc2)C(=O)OCc2c1cc1n(c2=O)Cc2c-1nc1ccccc1c2CCN(C(C)C)S(C)(=O)=O. The lowest BCUT2D eigenvalue weighted by atomic mass is 9.85. The Morgan fingerprint density at radius 1 is 0.885 bits per heavy atom. The van der Waals surface area contributed by atoms with Gasteiger partial charge in [0.15, 0.2) is 0 Å². The Morgan fingerprint density at radius 2 is 1.59 bits per heavy atom. The number of hydrogen-bond donors (Lipinski definition) is 5. The zero-order chi connectivity index (χ0) is 62.9. The number of para-hydroxylation sites is 1. The molecule has 4 amide bonds. The number of sulfonamides is 1. The van der Waals surface area contributed by atoms with Crippen LogP contribution in [-0.4, -0.2) is 154 Å². The number of carbonyl (C=O) groups excluding carboxylic acids is 6. The minimum Gasteiger partial charge on any atom is -0.457 e. The first-order valence-corrected chi connectivity index (χ1v) is 32.2. The average Bonchev–Trinajstić information content (AvgIpc) is 1.68. The third-order valence-corrected chi connectivity index (χ3v) is 16.7. The smallest absolute Gasteiger partial charge is 0.457 e. The number of fused-ring (bicyclic) bond motifs is 5. The first kappa shape index (κ1) is 66.5. The van der Waals surface area contributed by atoms with Gasteiger partial charge in [-0.05, 0) is 101 Å². The molecule has 26 nitrogen and oxygen atoms in total. The molecule has 2 aromatic carbocycles. The summed E-state index contributed by atoms with van der Waals surface area (Å²) in [4.78, 5) is 105. The van der Waals surface area contributed by atoms with Crippen molar-refractivity contribution in [1.29, 1.82) is 0 Å². The number of rotatable bonds is 32. The fraction of sp³-hybridized carbons (Fsp3) is 0.458. The van der Waals surface area contributed by atoms with Crippen LogP contribution >= 0.6 is 0 Å². The van der Waals surface area contributed by atoms with Crippen LogP contribution in [0.1, 0.15) is 99.1 Å². The number of anilines is 1. The van der Waals surface area contributed by atoms with Gasteiger partial charge in [0.1, 0.15) is 32.5 Å². The number of nitrogens with one attached hydrogen (secondary N) is 4. The molecule has 5 aromatic rings. The van der Waals surface area contributed by atoms with Crippen molar-refractivity contribution in [1.82, 2.24) is 39.8 Å². The van der Waals surface area contributed by atoms with E-state index in [-0.39, 0.29) is 100 Å². The van der Waals surface area contributed by atoms with Crippen LogP contribution in [0.4, 0.5) is 10.5 Å². The van der Waals surface area contributed by atoms with E-state index in [0.717, 1.165) is 22.8 Å². The predicted molar refractivity (Wildman–Crippen MR) is 320 cm³/mol. The number of nitrogens with two attached hydrogens (primary N) is 1. The molecular weight excluding hydrogens is 1170 g/mol. The number of nitrogens with zero attached hydrogens (tertiary/aromatic N) is 5. The molecule has 28 heteroatoms. The molecule has 0 saturated carbocycles. The number of carbonyl (C=O) groups is 6. The summed E-state index contributed by atoms with van der Waals surface area (Å²) in [5.41, 5.74) is 7.94. The lowest BCUT2D eigenvalue weighted by molar-refractivity contribution is -0.175. The van der Waals surface area contributed by atoms with Gasteiger partial charge in [-0.25, -0.2) is 41.4 Å².